The first-order valence-corrected chi connectivity index (χ1v) is 38.1. The Hall–Kier alpha value is -7.87. The van der Waals surface area contributed by atoms with E-state index in [0.717, 1.165) is 0 Å². The molecule has 0 unspecified atom stereocenters. The lowest BCUT2D eigenvalue weighted by molar-refractivity contribution is -0.140. The third-order valence-electron chi connectivity index (χ3n) is 16.8. The zero-order chi connectivity index (χ0) is 82.1. The fourth-order valence-corrected chi connectivity index (χ4v) is 10.8. The van der Waals surface area contributed by atoms with Gasteiger partial charge in [-0.05, 0) is 71.6 Å². The normalized spacial score (nSPS) is 14.1. The van der Waals surface area contributed by atoms with Gasteiger partial charge < -0.3 is 107 Å². The lowest BCUT2D eigenvalue weighted by atomic mass is 9.95. The number of carboxylic acids is 3. The highest BCUT2D eigenvalue weighted by atomic mass is 16.5. The molecule has 3 atom stereocenters. The first-order chi connectivity index (χ1) is 53.2. The van der Waals surface area contributed by atoms with Gasteiger partial charge in [-0.25, -0.2) is 0 Å². The maximum atomic E-state index is 13.4. The van der Waals surface area contributed by atoms with Crippen LogP contribution in [0.2, 0.25) is 0 Å². The molecule has 9 amide bonds. The molecular weight excluding hydrogens is 1460 g/mol. The van der Waals surface area contributed by atoms with Crippen molar-refractivity contribution in [3.8, 4) is 0 Å². The standard InChI is InChI=1S/C71H126N14O26/c1-54(86)15-16-56(69(72)101)10-3-6-18-75-63(92)51-109-41-39-107-35-23-79-65(94)52-110-42-37-104-32-20-76-61(90)14-9-13-60(89)74-17-7-4-11-57(71(103)80-19-8-5-12-59(70(73)102)81-45-55(2)87)44-58(88)50-108-40-36-106-34-22-78-64(93)53-111-43-38-105-33-21-77-62(91)46-82-24-26-83(47-66(95)96)28-30-85(49-68(99)100)31-29-84(27-25-82)48-67(97)98/h56-57,59,81H,3-53H2,1-2H3,(H2,72,101)(H2,73,102)(H,74,89)(H,75,92)(H,76,90)(H,77,91)(H,78,93)(H,79,94)(H,80,103)(H,95,96)(H,97,98)(H,99,100)/t56-,57-,59+/m1/s1. The van der Waals surface area contributed by atoms with Gasteiger partial charge in [0.2, 0.25) is 53.2 Å². The van der Waals surface area contributed by atoms with Crippen molar-refractivity contribution in [2.75, 3.05) is 237 Å². The van der Waals surface area contributed by atoms with Crippen LogP contribution in [-0.2, 0) is 110 Å². The monoisotopic (exact) mass is 1590 g/mol. The first kappa shape index (κ1) is 101. The second-order valence-electron chi connectivity index (χ2n) is 26.5. The molecule has 0 aromatic rings. The number of ketones is 3. The van der Waals surface area contributed by atoms with Gasteiger partial charge in [-0.15, -0.1) is 0 Å². The SMILES string of the molecule is CC(=O)CC[C@@H](CCCCNC(=O)COCCOCCNC(=O)COCCOCCNC(=O)CCCC(=O)NCCCC[C@H](CC(=O)COCCOCCNC(=O)COCCOCCNC(=O)CN1CCN(CC(=O)O)CCN(CC(=O)O)CCN(CC(=O)O)CC1)C(=O)NCCCC[C@H](NCC(C)=O)C(N)=O)C(N)=O. The topological polar surface area (TPSA) is 552 Å². The molecule has 1 heterocycles. The fourth-order valence-electron chi connectivity index (χ4n) is 10.8. The number of rotatable bonds is 70. The quantitative estimate of drug-likeness (QED) is 0.0254. The molecule has 40 heteroatoms. The van der Waals surface area contributed by atoms with E-state index in [9.17, 15) is 87.2 Å². The minimum Gasteiger partial charge on any atom is -0.480 e. The summed E-state index contributed by atoms with van der Waals surface area (Å²) in [5, 5.41) is 50.4. The molecule has 40 nitrogen and oxygen atoms in total. The van der Waals surface area contributed by atoms with Crippen LogP contribution in [0, 0.1) is 11.8 Å². The predicted octanol–water partition coefficient (Wildman–Crippen LogP) is -4.83. The molecule has 0 aromatic carbocycles. The van der Waals surface area contributed by atoms with E-state index < -0.39 is 47.6 Å². The Morgan fingerprint density at radius 1 is 0.333 bits per heavy atom. The van der Waals surface area contributed by atoms with Crippen molar-refractivity contribution in [1.82, 2.24) is 62.1 Å². The van der Waals surface area contributed by atoms with E-state index in [0.29, 0.717) is 103 Å². The second kappa shape index (κ2) is 66.7. The Labute approximate surface area is 649 Å². The van der Waals surface area contributed by atoms with Crippen LogP contribution in [0.3, 0.4) is 0 Å². The molecule has 1 saturated heterocycles. The van der Waals surface area contributed by atoms with Gasteiger partial charge in [-0.1, -0.05) is 12.8 Å². The van der Waals surface area contributed by atoms with Crippen LogP contribution in [0.25, 0.3) is 0 Å². The number of Topliss-reactive ketones (excluding diaryl/α,β-unsaturated/α-hetero) is 3. The van der Waals surface area contributed by atoms with E-state index in [1.165, 1.54) is 13.8 Å². The van der Waals surface area contributed by atoms with Crippen LogP contribution in [0.1, 0.15) is 110 Å². The summed E-state index contributed by atoms with van der Waals surface area (Å²) in [4.78, 5) is 188. The van der Waals surface area contributed by atoms with E-state index in [1.807, 2.05) is 0 Å². The largest absolute Gasteiger partial charge is 0.480 e. The highest BCUT2D eigenvalue weighted by molar-refractivity contribution is 5.88. The fraction of sp³-hybridized carbons (Fsp3) is 0.789. The van der Waals surface area contributed by atoms with Crippen molar-refractivity contribution in [2.45, 2.75) is 116 Å². The van der Waals surface area contributed by atoms with Crippen molar-refractivity contribution in [2.24, 2.45) is 23.3 Å². The Bertz CT molecular complexity index is 2710. The van der Waals surface area contributed by atoms with Crippen molar-refractivity contribution in [1.29, 1.82) is 0 Å². The number of hydrogen-bond acceptors (Lipinski definition) is 28. The van der Waals surface area contributed by atoms with E-state index in [1.54, 1.807) is 19.6 Å². The predicted molar refractivity (Wildman–Crippen MR) is 399 cm³/mol. The van der Waals surface area contributed by atoms with Crippen molar-refractivity contribution >= 4 is 88.4 Å². The Kier molecular flexibility index (Phi) is 60.8. The average Bonchev–Trinajstić information content (AvgIpc) is 1.04. The van der Waals surface area contributed by atoms with Crippen LogP contribution in [0.5, 0.6) is 0 Å². The minimum atomic E-state index is -1.06. The number of carbonyl (C=O) groups is 15. The van der Waals surface area contributed by atoms with Crippen LogP contribution in [0.15, 0.2) is 0 Å². The van der Waals surface area contributed by atoms with Gasteiger partial charge in [0.05, 0.1) is 118 Å². The summed E-state index contributed by atoms with van der Waals surface area (Å²) >= 11 is 0. The Balaban J connectivity index is 2.32. The van der Waals surface area contributed by atoms with Gasteiger partial charge in [0.1, 0.15) is 38.0 Å². The van der Waals surface area contributed by atoms with Crippen LogP contribution in [0.4, 0.5) is 0 Å². The first-order valence-electron chi connectivity index (χ1n) is 38.1. The number of nitrogens with one attached hydrogen (secondary N) is 8. The molecule has 15 N–H and O–H groups in total. The average molecular weight is 1590 g/mol. The number of nitrogens with zero attached hydrogens (tertiary/aromatic N) is 4. The van der Waals surface area contributed by atoms with Crippen LogP contribution < -0.4 is 54.0 Å². The maximum Gasteiger partial charge on any atom is 0.317 e. The van der Waals surface area contributed by atoms with Gasteiger partial charge in [-0.3, -0.25) is 92.0 Å². The molecule has 0 aliphatic carbocycles. The van der Waals surface area contributed by atoms with Gasteiger partial charge in [0.15, 0.2) is 5.78 Å². The van der Waals surface area contributed by atoms with Crippen LogP contribution in [-0.4, -0.2) is 366 Å². The van der Waals surface area contributed by atoms with Gasteiger partial charge in [0, 0.05) is 136 Å². The number of carbonyl (C=O) groups excluding carboxylic acids is 12. The molecule has 0 spiro atoms. The lowest BCUT2D eigenvalue weighted by Crippen LogP contribution is -2.50. The Morgan fingerprint density at radius 2 is 0.676 bits per heavy atom. The van der Waals surface area contributed by atoms with Crippen molar-refractivity contribution < 1.29 is 125 Å². The second-order valence-corrected chi connectivity index (χ2v) is 26.5. The third-order valence-corrected chi connectivity index (χ3v) is 16.8. The molecule has 0 bridgehead atoms. The van der Waals surface area contributed by atoms with Gasteiger partial charge in [0.25, 0.3) is 0 Å². The smallest absolute Gasteiger partial charge is 0.317 e. The van der Waals surface area contributed by atoms with Gasteiger partial charge in [-0.2, -0.15) is 0 Å². The summed E-state index contributed by atoms with van der Waals surface area (Å²) in [6.45, 7) is 6.67. The number of nitrogens with two attached hydrogens (primary N) is 2. The summed E-state index contributed by atoms with van der Waals surface area (Å²) in [5.74, 6) is -7.99. The van der Waals surface area contributed by atoms with Crippen LogP contribution >= 0.6 is 0 Å². The Morgan fingerprint density at radius 3 is 1.06 bits per heavy atom. The van der Waals surface area contributed by atoms with Gasteiger partial charge >= 0.3 is 17.9 Å². The van der Waals surface area contributed by atoms with Crippen molar-refractivity contribution in [3.63, 3.8) is 0 Å². The zero-order valence-electron chi connectivity index (χ0n) is 65.0. The molecule has 1 aliphatic heterocycles. The molecule has 0 saturated carbocycles. The summed E-state index contributed by atoms with van der Waals surface area (Å²) in [5.41, 5.74) is 10.9. The molecule has 0 radical (unpaired) electrons. The molecule has 1 aliphatic rings. The maximum absolute atomic E-state index is 13.4. The van der Waals surface area contributed by atoms with Crippen molar-refractivity contribution in [3.05, 3.63) is 0 Å². The molecule has 0 aromatic heterocycles. The van der Waals surface area contributed by atoms with E-state index in [2.05, 4.69) is 42.5 Å². The van der Waals surface area contributed by atoms with E-state index in [4.69, 9.17) is 49.4 Å². The molecule has 1 fully saturated rings. The van der Waals surface area contributed by atoms with E-state index >= 15 is 0 Å². The number of carboxylic acid groups (broad SMARTS) is 3. The minimum absolute atomic E-state index is 0.00540. The highest BCUT2D eigenvalue weighted by Gasteiger charge is 2.25. The number of amides is 9. The number of ether oxygens (including phenoxy) is 8. The van der Waals surface area contributed by atoms with E-state index in [-0.39, 0.29) is 288 Å². The number of primary amides is 2. The summed E-state index contributed by atoms with van der Waals surface area (Å²) < 4.78 is 43.4. The number of unbranched alkanes of at least 4 members (excludes halogenated alkanes) is 3. The zero-order valence-corrected chi connectivity index (χ0v) is 65.0. The highest BCUT2D eigenvalue weighted by Crippen LogP contribution is 2.16. The summed E-state index contributed by atoms with van der Waals surface area (Å²) in [6, 6.07) is -0.711. The number of hydrogen-bond donors (Lipinski definition) is 13. The molecule has 636 valence electrons. The summed E-state index contributed by atoms with van der Waals surface area (Å²) in [7, 11) is 0. The molecular formula is C71H126N14O26. The molecule has 111 heavy (non-hydrogen) atoms. The molecule has 1 rings (SSSR count). The number of aliphatic carboxylic acids is 3. The summed E-state index contributed by atoms with van der Waals surface area (Å²) in [6.07, 6.45) is 5.67. The lowest BCUT2D eigenvalue weighted by Gasteiger charge is -2.32. The third kappa shape index (κ3) is 62.4.